The van der Waals surface area contributed by atoms with E-state index in [0.29, 0.717) is 13.1 Å². The van der Waals surface area contributed by atoms with Crippen molar-refractivity contribution in [3.05, 3.63) is 29.3 Å². The molecule has 0 spiro atoms. The first kappa shape index (κ1) is 18.7. The molecule has 0 aromatic heterocycles. The molecule has 1 amide bonds. The highest BCUT2D eigenvalue weighted by Crippen LogP contribution is 2.22. The third-order valence-electron chi connectivity index (χ3n) is 3.90. The Morgan fingerprint density at radius 1 is 1.45 bits per heavy atom. The van der Waals surface area contributed by atoms with Crippen molar-refractivity contribution in [2.24, 2.45) is 5.73 Å². The number of likely N-dealkylation sites (N-methyl/N-ethyl adjacent to an activating group) is 1. The first-order valence-corrected chi connectivity index (χ1v) is 7.29. The molecule has 124 valence electrons. The molecule has 1 fully saturated rings. The summed E-state index contributed by atoms with van der Waals surface area (Å²) in [4.78, 5) is 14.1. The summed E-state index contributed by atoms with van der Waals surface area (Å²) in [5.41, 5.74) is 7.72. The van der Waals surface area contributed by atoms with Crippen molar-refractivity contribution in [1.29, 1.82) is 0 Å². The number of rotatable bonds is 5. The number of nitrogens with zero attached hydrogens (tertiary/aromatic N) is 1. The average molecular weight is 329 g/mol. The Morgan fingerprint density at radius 3 is 2.73 bits per heavy atom. The fourth-order valence-corrected chi connectivity index (χ4v) is 2.70. The number of hydrogen-bond donors (Lipinski definition) is 1. The molecule has 0 radical (unpaired) electrons. The van der Waals surface area contributed by atoms with Gasteiger partial charge in [0.2, 0.25) is 0 Å². The summed E-state index contributed by atoms with van der Waals surface area (Å²) in [7, 11) is 3.46. The van der Waals surface area contributed by atoms with E-state index in [1.165, 1.54) is 0 Å². The first-order chi connectivity index (χ1) is 10.0. The van der Waals surface area contributed by atoms with Gasteiger partial charge >= 0.3 is 0 Å². The summed E-state index contributed by atoms with van der Waals surface area (Å²) in [6, 6.07) is 5.95. The van der Waals surface area contributed by atoms with Crippen molar-refractivity contribution in [1.82, 2.24) is 4.90 Å². The zero-order chi connectivity index (χ0) is 15.4. The number of ether oxygens (including phenoxy) is 2. The minimum Gasteiger partial charge on any atom is -0.496 e. The average Bonchev–Trinajstić information content (AvgIpc) is 2.95. The molecule has 1 saturated heterocycles. The highest BCUT2D eigenvalue weighted by atomic mass is 35.5. The van der Waals surface area contributed by atoms with Gasteiger partial charge in [0.15, 0.2) is 0 Å². The van der Waals surface area contributed by atoms with E-state index in [0.717, 1.165) is 29.7 Å². The first-order valence-electron chi connectivity index (χ1n) is 7.29. The topological polar surface area (TPSA) is 64.8 Å². The second-order valence-corrected chi connectivity index (χ2v) is 5.56. The quantitative estimate of drug-likeness (QED) is 0.896. The van der Waals surface area contributed by atoms with Gasteiger partial charge in [-0.05, 0) is 37.0 Å². The Morgan fingerprint density at radius 2 is 2.18 bits per heavy atom. The van der Waals surface area contributed by atoms with Crippen molar-refractivity contribution in [2.75, 3.05) is 20.7 Å². The lowest BCUT2D eigenvalue weighted by Gasteiger charge is -2.21. The number of halogens is 1. The standard InChI is InChI=1S/C16H24N2O3.ClH/c1-11-8-12(4-6-14(11)20-3)10-18(2)16(19)15-7-5-13(9-17)21-15;/h4,6,8,13,15H,5,7,9-10,17H2,1-3H3;1H/t13-,15+;/m1./s1. The Bertz CT molecular complexity index is 510. The summed E-state index contributed by atoms with van der Waals surface area (Å²) in [5.74, 6) is 0.886. The van der Waals surface area contributed by atoms with E-state index in [1.54, 1.807) is 19.1 Å². The maximum absolute atomic E-state index is 12.4. The third-order valence-corrected chi connectivity index (χ3v) is 3.90. The van der Waals surface area contributed by atoms with Gasteiger partial charge < -0.3 is 20.1 Å². The number of benzene rings is 1. The highest BCUT2D eigenvalue weighted by Gasteiger charge is 2.31. The van der Waals surface area contributed by atoms with E-state index in [4.69, 9.17) is 15.2 Å². The monoisotopic (exact) mass is 328 g/mol. The molecule has 1 aliphatic heterocycles. The number of hydrogen-bond acceptors (Lipinski definition) is 4. The smallest absolute Gasteiger partial charge is 0.251 e. The van der Waals surface area contributed by atoms with Crippen LogP contribution in [-0.4, -0.2) is 43.7 Å². The molecule has 1 aliphatic rings. The van der Waals surface area contributed by atoms with Gasteiger partial charge in [-0.1, -0.05) is 12.1 Å². The summed E-state index contributed by atoms with van der Waals surface area (Å²) in [5, 5.41) is 0. The van der Waals surface area contributed by atoms with Gasteiger partial charge in [-0.2, -0.15) is 0 Å². The predicted octanol–water partition coefficient (Wildman–Crippen LogP) is 1.89. The van der Waals surface area contributed by atoms with E-state index >= 15 is 0 Å². The van der Waals surface area contributed by atoms with Crippen molar-refractivity contribution >= 4 is 18.3 Å². The van der Waals surface area contributed by atoms with Gasteiger partial charge in [0.1, 0.15) is 11.9 Å². The van der Waals surface area contributed by atoms with Crippen molar-refractivity contribution in [3.63, 3.8) is 0 Å². The van der Waals surface area contributed by atoms with Crippen molar-refractivity contribution in [3.8, 4) is 5.75 Å². The third kappa shape index (κ3) is 4.35. The molecule has 0 saturated carbocycles. The second kappa shape index (κ2) is 8.36. The maximum atomic E-state index is 12.4. The fourth-order valence-electron chi connectivity index (χ4n) is 2.70. The molecule has 2 rings (SSSR count). The molecule has 1 heterocycles. The van der Waals surface area contributed by atoms with Crippen molar-refractivity contribution < 1.29 is 14.3 Å². The molecule has 2 atom stereocenters. The molecule has 6 heteroatoms. The maximum Gasteiger partial charge on any atom is 0.251 e. The number of carbonyl (C=O) groups is 1. The van der Waals surface area contributed by atoms with Gasteiger partial charge in [-0.15, -0.1) is 12.4 Å². The summed E-state index contributed by atoms with van der Waals surface area (Å²) in [6.07, 6.45) is 1.30. The molecule has 0 unspecified atom stereocenters. The lowest BCUT2D eigenvalue weighted by Crippen LogP contribution is -2.36. The molecular weight excluding hydrogens is 304 g/mol. The summed E-state index contributed by atoms with van der Waals surface area (Å²) >= 11 is 0. The van der Waals surface area contributed by atoms with Crippen LogP contribution in [0.25, 0.3) is 0 Å². The second-order valence-electron chi connectivity index (χ2n) is 5.56. The Kier molecular flexibility index (Phi) is 7.13. The van der Waals surface area contributed by atoms with Crippen LogP contribution in [0.1, 0.15) is 24.0 Å². The number of nitrogens with two attached hydrogens (primary N) is 1. The molecular formula is C16H25ClN2O3. The lowest BCUT2D eigenvalue weighted by molar-refractivity contribution is -0.141. The van der Waals surface area contributed by atoms with Gasteiger partial charge in [0, 0.05) is 20.1 Å². The molecule has 0 aliphatic carbocycles. The van der Waals surface area contributed by atoms with E-state index in [1.807, 2.05) is 25.1 Å². The van der Waals surface area contributed by atoms with E-state index < -0.39 is 0 Å². The van der Waals surface area contributed by atoms with Crippen LogP contribution in [0.4, 0.5) is 0 Å². The lowest BCUT2D eigenvalue weighted by atomic mass is 10.1. The Hall–Kier alpha value is -1.30. The van der Waals surface area contributed by atoms with Crippen LogP contribution in [0.3, 0.4) is 0 Å². The number of methoxy groups -OCH3 is 1. The number of carbonyl (C=O) groups excluding carboxylic acids is 1. The van der Waals surface area contributed by atoms with Crippen LogP contribution in [0.2, 0.25) is 0 Å². The Balaban J connectivity index is 0.00000242. The van der Waals surface area contributed by atoms with Gasteiger partial charge in [0.05, 0.1) is 13.2 Å². The normalized spacial score (nSPS) is 20.4. The predicted molar refractivity (Wildman–Crippen MR) is 88.4 cm³/mol. The molecule has 0 bridgehead atoms. The van der Waals surface area contributed by atoms with Crippen LogP contribution in [-0.2, 0) is 16.1 Å². The van der Waals surface area contributed by atoms with E-state index in [2.05, 4.69) is 0 Å². The van der Waals surface area contributed by atoms with Gasteiger partial charge in [-0.3, -0.25) is 4.79 Å². The van der Waals surface area contributed by atoms with Crippen LogP contribution >= 0.6 is 12.4 Å². The highest BCUT2D eigenvalue weighted by molar-refractivity contribution is 5.85. The van der Waals surface area contributed by atoms with Crippen LogP contribution in [0, 0.1) is 6.92 Å². The Labute approximate surface area is 138 Å². The van der Waals surface area contributed by atoms with Crippen LogP contribution in [0.15, 0.2) is 18.2 Å². The zero-order valence-electron chi connectivity index (χ0n) is 13.4. The van der Waals surface area contributed by atoms with Crippen LogP contribution < -0.4 is 10.5 Å². The van der Waals surface area contributed by atoms with E-state index in [9.17, 15) is 4.79 Å². The minimum atomic E-state index is -0.345. The zero-order valence-corrected chi connectivity index (χ0v) is 14.2. The fraction of sp³-hybridized carbons (Fsp3) is 0.562. The molecule has 5 nitrogen and oxygen atoms in total. The summed E-state index contributed by atoms with van der Waals surface area (Å²) in [6.45, 7) is 3.04. The molecule has 2 N–H and O–H groups in total. The minimum absolute atomic E-state index is 0. The van der Waals surface area contributed by atoms with Crippen LogP contribution in [0.5, 0.6) is 5.75 Å². The van der Waals surface area contributed by atoms with Crippen molar-refractivity contribution in [2.45, 2.75) is 38.5 Å². The largest absolute Gasteiger partial charge is 0.496 e. The number of aryl methyl sites for hydroxylation is 1. The van der Waals surface area contributed by atoms with E-state index in [-0.39, 0.29) is 30.5 Å². The SMILES string of the molecule is COc1ccc(CN(C)C(=O)[C@@H]2CC[C@H](CN)O2)cc1C.Cl. The van der Waals surface area contributed by atoms with Gasteiger partial charge in [-0.25, -0.2) is 0 Å². The summed E-state index contributed by atoms with van der Waals surface area (Å²) < 4.78 is 10.9. The molecule has 1 aromatic rings. The molecule has 22 heavy (non-hydrogen) atoms. The number of amides is 1. The molecule has 1 aromatic carbocycles. The van der Waals surface area contributed by atoms with Gasteiger partial charge in [0.25, 0.3) is 5.91 Å².